The molecule has 2 aromatic rings. The number of carbonyl (C=O) groups excluding carboxylic acids is 2. The molecule has 132 valence electrons. The Morgan fingerprint density at radius 3 is 2.48 bits per heavy atom. The molecule has 0 bridgehead atoms. The highest BCUT2D eigenvalue weighted by molar-refractivity contribution is 5.94. The number of nitrogens with zero attached hydrogens (tertiary/aromatic N) is 2. The van der Waals surface area contributed by atoms with E-state index in [1.807, 2.05) is 29.9 Å². The first kappa shape index (κ1) is 17.2. The second kappa shape index (κ2) is 7.96. The summed E-state index contributed by atoms with van der Waals surface area (Å²) in [6.45, 7) is 0.907. The minimum atomic E-state index is -0.132. The fraction of sp³-hybridized carbons (Fsp3) is 0.421. The lowest BCUT2D eigenvalue weighted by molar-refractivity contribution is -0.124. The highest BCUT2D eigenvalue weighted by Gasteiger charge is 2.22. The van der Waals surface area contributed by atoms with Crippen molar-refractivity contribution in [1.29, 1.82) is 0 Å². The van der Waals surface area contributed by atoms with E-state index >= 15 is 0 Å². The Hall–Kier alpha value is -2.63. The quantitative estimate of drug-likeness (QED) is 0.846. The first-order valence-corrected chi connectivity index (χ1v) is 8.73. The van der Waals surface area contributed by atoms with Gasteiger partial charge in [0.05, 0.1) is 18.6 Å². The van der Waals surface area contributed by atoms with E-state index in [4.69, 9.17) is 0 Å². The molecule has 0 saturated heterocycles. The molecule has 0 atom stereocenters. The van der Waals surface area contributed by atoms with Gasteiger partial charge in [0.1, 0.15) is 0 Å². The minimum absolute atomic E-state index is 0.132. The third kappa shape index (κ3) is 4.68. The number of aromatic nitrogens is 2. The summed E-state index contributed by atoms with van der Waals surface area (Å²) in [5.74, 6) is 0.193. The van der Waals surface area contributed by atoms with Crippen LogP contribution in [-0.4, -0.2) is 21.4 Å². The van der Waals surface area contributed by atoms with E-state index < -0.39 is 0 Å². The van der Waals surface area contributed by atoms with Gasteiger partial charge in [0.2, 0.25) is 5.91 Å². The molecule has 1 aromatic heterocycles. The van der Waals surface area contributed by atoms with Crippen LogP contribution in [0.15, 0.2) is 36.8 Å². The Labute approximate surface area is 147 Å². The van der Waals surface area contributed by atoms with Crippen LogP contribution >= 0.6 is 0 Å². The molecule has 6 heteroatoms. The minimum Gasteiger partial charge on any atom is -0.352 e. The topological polar surface area (TPSA) is 76.0 Å². The molecular formula is C19H24N4O2. The molecule has 3 rings (SSSR count). The first-order valence-electron chi connectivity index (χ1n) is 8.73. The van der Waals surface area contributed by atoms with Crippen LogP contribution in [0.25, 0.3) is 0 Å². The number of amides is 2. The fourth-order valence-corrected chi connectivity index (χ4v) is 3.13. The molecule has 1 aromatic carbocycles. The Kier molecular flexibility index (Phi) is 5.48. The van der Waals surface area contributed by atoms with E-state index in [0.717, 1.165) is 36.9 Å². The van der Waals surface area contributed by atoms with Crippen LogP contribution in [0.2, 0.25) is 0 Å². The van der Waals surface area contributed by atoms with E-state index in [0.29, 0.717) is 18.7 Å². The third-order valence-corrected chi connectivity index (χ3v) is 4.60. The summed E-state index contributed by atoms with van der Waals surface area (Å²) < 4.78 is 1.84. The van der Waals surface area contributed by atoms with Gasteiger partial charge in [-0.3, -0.25) is 9.59 Å². The van der Waals surface area contributed by atoms with Crippen molar-refractivity contribution in [2.24, 2.45) is 13.0 Å². The lowest BCUT2D eigenvalue weighted by Crippen LogP contribution is -2.28. The van der Waals surface area contributed by atoms with Gasteiger partial charge in [-0.15, -0.1) is 0 Å². The molecule has 6 nitrogen and oxygen atoms in total. The number of carbonyl (C=O) groups is 2. The molecule has 0 aliphatic heterocycles. The molecule has 25 heavy (non-hydrogen) atoms. The highest BCUT2D eigenvalue weighted by atomic mass is 16.2. The number of hydrogen-bond acceptors (Lipinski definition) is 3. The Morgan fingerprint density at radius 2 is 1.84 bits per heavy atom. The van der Waals surface area contributed by atoms with Crippen molar-refractivity contribution >= 4 is 11.8 Å². The lowest BCUT2D eigenvalue weighted by Gasteiger charge is -2.10. The van der Waals surface area contributed by atoms with Gasteiger partial charge in [-0.1, -0.05) is 25.0 Å². The SMILES string of the molecule is Cn1cnc(CNC(=O)c2ccc(CNC(=O)C3CCCC3)cc2)c1. The van der Waals surface area contributed by atoms with Crippen molar-refractivity contribution in [3.8, 4) is 0 Å². The zero-order valence-electron chi connectivity index (χ0n) is 14.5. The van der Waals surface area contributed by atoms with Gasteiger partial charge in [0, 0.05) is 31.3 Å². The monoisotopic (exact) mass is 340 g/mol. The number of hydrogen-bond donors (Lipinski definition) is 2. The summed E-state index contributed by atoms with van der Waals surface area (Å²) in [4.78, 5) is 28.4. The summed E-state index contributed by atoms with van der Waals surface area (Å²) >= 11 is 0. The smallest absolute Gasteiger partial charge is 0.251 e. The predicted octanol–water partition coefficient (Wildman–Crippen LogP) is 2.16. The number of aryl methyl sites for hydroxylation is 1. The van der Waals surface area contributed by atoms with Crippen LogP contribution in [-0.2, 0) is 24.9 Å². The molecule has 1 saturated carbocycles. The lowest BCUT2D eigenvalue weighted by atomic mass is 10.1. The van der Waals surface area contributed by atoms with Gasteiger partial charge in [-0.25, -0.2) is 4.98 Å². The maximum absolute atomic E-state index is 12.2. The van der Waals surface area contributed by atoms with Gasteiger partial charge >= 0.3 is 0 Å². The molecule has 1 heterocycles. The normalized spacial score (nSPS) is 14.4. The van der Waals surface area contributed by atoms with Gasteiger partial charge in [-0.2, -0.15) is 0 Å². The molecule has 2 N–H and O–H groups in total. The van der Waals surface area contributed by atoms with E-state index in [1.165, 1.54) is 0 Å². The van der Waals surface area contributed by atoms with Crippen molar-refractivity contribution in [1.82, 2.24) is 20.2 Å². The number of imidazole rings is 1. The van der Waals surface area contributed by atoms with Gasteiger partial charge in [0.15, 0.2) is 0 Å². The maximum Gasteiger partial charge on any atom is 0.251 e. The van der Waals surface area contributed by atoms with Gasteiger partial charge in [-0.05, 0) is 30.5 Å². The zero-order chi connectivity index (χ0) is 17.6. The first-order chi connectivity index (χ1) is 12.1. The summed E-state index contributed by atoms with van der Waals surface area (Å²) in [6, 6.07) is 7.32. The van der Waals surface area contributed by atoms with Crippen LogP contribution in [0, 0.1) is 5.92 Å². The fourth-order valence-electron chi connectivity index (χ4n) is 3.13. The highest BCUT2D eigenvalue weighted by Crippen LogP contribution is 2.24. The molecule has 1 aliphatic rings. The zero-order valence-corrected chi connectivity index (χ0v) is 14.5. The van der Waals surface area contributed by atoms with E-state index in [-0.39, 0.29) is 17.7 Å². The summed E-state index contributed by atoms with van der Waals surface area (Å²) in [5, 5.41) is 5.84. The van der Waals surface area contributed by atoms with Crippen molar-refractivity contribution in [2.75, 3.05) is 0 Å². The Morgan fingerprint density at radius 1 is 1.12 bits per heavy atom. The van der Waals surface area contributed by atoms with Crippen molar-refractivity contribution in [3.05, 3.63) is 53.6 Å². The van der Waals surface area contributed by atoms with Crippen LogP contribution in [0.1, 0.15) is 47.3 Å². The number of rotatable bonds is 6. The Balaban J connectivity index is 1.47. The molecule has 1 aliphatic carbocycles. The second-order valence-electron chi connectivity index (χ2n) is 6.61. The molecular weight excluding hydrogens is 316 g/mol. The molecule has 0 radical (unpaired) electrons. The van der Waals surface area contributed by atoms with E-state index in [2.05, 4.69) is 15.6 Å². The molecule has 2 amide bonds. The predicted molar refractivity (Wildman–Crippen MR) is 94.6 cm³/mol. The van der Waals surface area contributed by atoms with Crippen LogP contribution in [0.3, 0.4) is 0 Å². The molecule has 0 unspecified atom stereocenters. The summed E-state index contributed by atoms with van der Waals surface area (Å²) in [5.41, 5.74) is 2.41. The summed E-state index contributed by atoms with van der Waals surface area (Å²) in [6.07, 6.45) is 7.88. The maximum atomic E-state index is 12.2. The largest absolute Gasteiger partial charge is 0.352 e. The van der Waals surface area contributed by atoms with E-state index in [9.17, 15) is 9.59 Å². The van der Waals surface area contributed by atoms with Crippen LogP contribution in [0.4, 0.5) is 0 Å². The van der Waals surface area contributed by atoms with Crippen molar-refractivity contribution < 1.29 is 9.59 Å². The second-order valence-corrected chi connectivity index (χ2v) is 6.61. The number of benzene rings is 1. The average molecular weight is 340 g/mol. The van der Waals surface area contributed by atoms with Crippen molar-refractivity contribution in [3.63, 3.8) is 0 Å². The molecule has 1 fully saturated rings. The standard InChI is InChI=1S/C19H24N4O2/c1-23-12-17(22-13-23)11-21-19(25)16-8-6-14(7-9-16)10-20-18(24)15-4-2-3-5-15/h6-9,12-13,15H,2-5,10-11H2,1H3,(H,20,24)(H,21,25). The van der Waals surface area contributed by atoms with Crippen LogP contribution in [0.5, 0.6) is 0 Å². The van der Waals surface area contributed by atoms with Gasteiger partial charge in [0.25, 0.3) is 5.91 Å². The average Bonchev–Trinajstić information content (AvgIpc) is 3.30. The number of nitrogens with one attached hydrogen (secondary N) is 2. The van der Waals surface area contributed by atoms with Crippen LogP contribution < -0.4 is 10.6 Å². The van der Waals surface area contributed by atoms with Gasteiger partial charge < -0.3 is 15.2 Å². The third-order valence-electron chi connectivity index (χ3n) is 4.60. The molecule has 0 spiro atoms. The summed E-state index contributed by atoms with van der Waals surface area (Å²) in [7, 11) is 1.89. The van der Waals surface area contributed by atoms with E-state index in [1.54, 1.807) is 18.5 Å². The Bertz CT molecular complexity index is 730. The van der Waals surface area contributed by atoms with Crippen molar-refractivity contribution in [2.45, 2.75) is 38.8 Å².